The number of carbonyl (C=O) groups is 2. The van der Waals surface area contributed by atoms with Crippen LogP contribution in [0.2, 0.25) is 0 Å². The van der Waals surface area contributed by atoms with Gasteiger partial charge in [-0.2, -0.15) is 0 Å². The lowest BCUT2D eigenvalue weighted by Crippen LogP contribution is -2.60. The molecular formula is C38H38O18. The van der Waals surface area contributed by atoms with Crippen molar-refractivity contribution in [1.82, 2.24) is 0 Å². The number of hydrogen-bond donors (Lipinski definition) is 8. The van der Waals surface area contributed by atoms with Gasteiger partial charge in [0.1, 0.15) is 85.1 Å². The number of aromatic hydroxyl groups is 2. The van der Waals surface area contributed by atoms with Crippen LogP contribution < -0.4 is 14.9 Å². The van der Waals surface area contributed by atoms with Gasteiger partial charge in [-0.15, -0.1) is 0 Å². The normalized spacial score (nSPS) is 27.8. The first kappa shape index (κ1) is 40.1. The summed E-state index contributed by atoms with van der Waals surface area (Å²) in [5.74, 6) is -2.28. The van der Waals surface area contributed by atoms with Crippen molar-refractivity contribution in [3.63, 3.8) is 0 Å². The topological polar surface area (TPSA) is 282 Å². The molecule has 0 amide bonds. The quantitative estimate of drug-likeness (QED) is 0.0735. The van der Waals surface area contributed by atoms with Crippen LogP contribution in [0.5, 0.6) is 23.0 Å². The van der Waals surface area contributed by atoms with E-state index in [-0.39, 0.29) is 45.6 Å². The molecule has 4 aliphatic rings. The van der Waals surface area contributed by atoms with E-state index in [1.54, 1.807) is 12.1 Å². The maximum Gasteiger partial charge on any atom is 0.330 e. The van der Waals surface area contributed by atoms with Crippen molar-refractivity contribution in [3.8, 4) is 45.6 Å². The molecule has 18 nitrogen and oxygen atoms in total. The van der Waals surface area contributed by atoms with Crippen molar-refractivity contribution in [2.45, 2.75) is 68.3 Å². The van der Waals surface area contributed by atoms with Crippen LogP contribution in [0.3, 0.4) is 0 Å². The van der Waals surface area contributed by atoms with Gasteiger partial charge in [0.05, 0.1) is 5.56 Å². The van der Waals surface area contributed by atoms with E-state index in [4.69, 9.17) is 32.8 Å². The number of ether oxygens (including phenoxy) is 6. The molecule has 2 saturated heterocycles. The van der Waals surface area contributed by atoms with Gasteiger partial charge in [0, 0.05) is 30.7 Å². The molecule has 0 bridgehead atoms. The van der Waals surface area contributed by atoms with Gasteiger partial charge in [-0.1, -0.05) is 12.1 Å². The van der Waals surface area contributed by atoms with E-state index >= 15 is 0 Å². The van der Waals surface area contributed by atoms with Gasteiger partial charge in [0.15, 0.2) is 16.9 Å². The van der Waals surface area contributed by atoms with Crippen LogP contribution in [0.4, 0.5) is 0 Å². The summed E-state index contributed by atoms with van der Waals surface area (Å²) in [7, 11) is 0. The Kier molecular flexibility index (Phi) is 12.2. The monoisotopic (exact) mass is 782 g/mol. The average Bonchev–Trinajstić information content (AvgIpc) is 3.17. The first-order valence-corrected chi connectivity index (χ1v) is 17.1. The first-order chi connectivity index (χ1) is 26.7. The minimum atomic E-state index is -1.89. The minimum Gasteiger partial charge on any atom is -0.508 e. The highest BCUT2D eigenvalue weighted by atomic mass is 16.7. The van der Waals surface area contributed by atoms with Crippen LogP contribution in [0.25, 0.3) is 28.7 Å². The number of aliphatic hydroxyl groups excluding tert-OH is 6. The third-order valence-corrected chi connectivity index (χ3v) is 8.89. The Morgan fingerprint density at radius 1 is 0.679 bits per heavy atom. The summed E-state index contributed by atoms with van der Waals surface area (Å²) in [6.45, 7) is 0.0155. The predicted octanol–water partition coefficient (Wildman–Crippen LogP) is 0.0153. The van der Waals surface area contributed by atoms with Crippen molar-refractivity contribution in [1.29, 1.82) is 0 Å². The lowest BCUT2D eigenvalue weighted by molar-refractivity contribution is -0.278. The maximum atomic E-state index is 12.9. The lowest BCUT2D eigenvalue weighted by atomic mass is 9.99. The van der Waals surface area contributed by atoms with Crippen LogP contribution in [0.15, 0.2) is 82.0 Å². The molecular weight excluding hydrogens is 744 g/mol. The molecule has 18 heteroatoms. The van der Waals surface area contributed by atoms with Gasteiger partial charge >= 0.3 is 11.9 Å². The van der Waals surface area contributed by atoms with E-state index in [0.29, 0.717) is 5.56 Å². The van der Waals surface area contributed by atoms with Crippen LogP contribution in [-0.2, 0) is 28.5 Å². The largest absolute Gasteiger partial charge is 0.508 e. The molecule has 3 heterocycles. The summed E-state index contributed by atoms with van der Waals surface area (Å²) in [5.41, 5.74) is 0.231. The third-order valence-electron chi connectivity index (χ3n) is 8.89. The van der Waals surface area contributed by atoms with Crippen molar-refractivity contribution in [2.75, 3.05) is 13.2 Å². The summed E-state index contributed by atoms with van der Waals surface area (Å²) in [6, 6.07) is 14.9. The van der Waals surface area contributed by atoms with E-state index < -0.39 is 92.0 Å². The highest BCUT2D eigenvalue weighted by Gasteiger charge is 2.47. The van der Waals surface area contributed by atoms with Crippen molar-refractivity contribution in [2.24, 2.45) is 0 Å². The number of benzene rings is 3. The number of hydrogen-bond acceptors (Lipinski definition) is 18. The fraction of sp³-hybridized carbons (Fsp3) is 0.342. The number of fused-ring (bicyclic) bond motifs is 1. The Labute approximate surface area is 316 Å². The Bertz CT molecular complexity index is 2050. The summed E-state index contributed by atoms with van der Waals surface area (Å²) < 4.78 is 39.5. The molecule has 2 aromatic carbocycles. The van der Waals surface area contributed by atoms with Gasteiger partial charge < -0.3 is 73.7 Å². The van der Waals surface area contributed by atoms with E-state index in [1.807, 2.05) is 0 Å². The highest BCUT2D eigenvalue weighted by Crippen LogP contribution is 2.43. The Morgan fingerprint density at radius 3 is 1.79 bits per heavy atom. The Hall–Kier alpha value is -5.57. The van der Waals surface area contributed by atoms with E-state index in [0.717, 1.165) is 25.1 Å². The van der Waals surface area contributed by atoms with Crippen molar-refractivity contribution >= 4 is 18.0 Å². The summed E-state index contributed by atoms with van der Waals surface area (Å²) in [6.07, 6.45) is -14.6. The standard InChI is InChI=1S/C38H38O18/c1-17(39)50-15-27-30(44)32(46)34(48)37(55-27)53-25-13-22(42)12-24-23(25)14-26(36(52-24)19-5-9-21(41)10-6-19)54-38-35(49)33(47)31(45)28(56-38)16-51-29(43)11-4-18-2-7-20(40)8-3-18/h2-14,27-28,30-35,37-38,40-41,44-49H,15-16H2,1H3/t27-,28-,30-,31-,32+,33+,34-,35-,37-,38-/m1/s1. The number of phenolic OH excluding ortho intramolecular Hbond substituents is 2. The maximum absolute atomic E-state index is 12.9. The number of esters is 2. The molecule has 298 valence electrons. The van der Waals surface area contributed by atoms with Crippen molar-refractivity contribution in [3.05, 3.63) is 88.6 Å². The third kappa shape index (κ3) is 9.10. The first-order valence-electron chi connectivity index (χ1n) is 17.1. The molecule has 0 unspecified atom stereocenters. The molecule has 6 rings (SSSR count). The SMILES string of the molecule is CC(=O)OC[C@H]1O[C@@H](Oc2cc(=O)cc3oc(-c4ccc(O)cc4)c(O[C@@H]4O[C@H](COC(=O)C=Cc5ccc(O)cc5)[C@@H](O)[C@H](O)[C@H]4O)cc2-3)[C@H](O)[C@@H](O)[C@@H]1O. The molecule has 2 fully saturated rings. The van der Waals surface area contributed by atoms with Crippen LogP contribution >= 0.6 is 0 Å². The molecule has 3 aliphatic heterocycles. The zero-order valence-electron chi connectivity index (χ0n) is 29.4. The van der Waals surface area contributed by atoms with Crippen molar-refractivity contribution < 1.29 is 83.3 Å². The van der Waals surface area contributed by atoms with Gasteiger partial charge in [-0.25, -0.2) is 4.79 Å². The number of rotatable bonds is 11. The average molecular weight is 783 g/mol. The van der Waals surface area contributed by atoms with Crippen LogP contribution in [-0.4, -0.2) is 127 Å². The zero-order chi connectivity index (χ0) is 40.3. The lowest BCUT2D eigenvalue weighted by Gasteiger charge is -2.40. The zero-order valence-corrected chi connectivity index (χ0v) is 29.4. The highest BCUT2D eigenvalue weighted by molar-refractivity contribution is 5.87. The number of aliphatic hydroxyl groups is 6. The Morgan fingerprint density at radius 2 is 1.21 bits per heavy atom. The fourth-order valence-electron chi connectivity index (χ4n) is 5.87. The van der Waals surface area contributed by atoms with Crippen LogP contribution in [0, 0.1) is 0 Å². The molecule has 0 aromatic heterocycles. The number of phenols is 2. The van der Waals surface area contributed by atoms with Gasteiger partial charge in [-0.05, 0) is 54.1 Å². The van der Waals surface area contributed by atoms with E-state index in [2.05, 4.69) is 0 Å². The molecule has 2 aromatic rings. The van der Waals surface area contributed by atoms with Crippen LogP contribution in [0.1, 0.15) is 12.5 Å². The minimum absolute atomic E-state index is 0.00635. The molecule has 10 atom stereocenters. The second kappa shape index (κ2) is 17.1. The van der Waals surface area contributed by atoms with E-state index in [1.165, 1.54) is 48.5 Å². The number of carbonyl (C=O) groups excluding carboxylic acids is 2. The fourth-order valence-corrected chi connectivity index (χ4v) is 5.87. The molecule has 8 N–H and O–H groups in total. The molecule has 0 saturated carbocycles. The molecule has 56 heavy (non-hydrogen) atoms. The molecule has 1 aliphatic carbocycles. The van der Waals surface area contributed by atoms with Gasteiger partial charge in [0.25, 0.3) is 0 Å². The van der Waals surface area contributed by atoms with E-state index in [9.17, 15) is 55.2 Å². The molecule has 0 radical (unpaired) electrons. The van der Waals surface area contributed by atoms with Gasteiger partial charge in [-0.3, -0.25) is 9.59 Å². The van der Waals surface area contributed by atoms with Gasteiger partial charge in [0.2, 0.25) is 12.6 Å². The predicted molar refractivity (Wildman–Crippen MR) is 188 cm³/mol. The molecule has 0 spiro atoms. The summed E-state index contributed by atoms with van der Waals surface area (Å²) in [5, 5.41) is 83.4. The second-order valence-corrected chi connectivity index (χ2v) is 12.9. The summed E-state index contributed by atoms with van der Waals surface area (Å²) >= 11 is 0. The Balaban J connectivity index is 1.29. The second-order valence-electron chi connectivity index (χ2n) is 12.9. The smallest absolute Gasteiger partial charge is 0.330 e. The summed E-state index contributed by atoms with van der Waals surface area (Å²) in [4.78, 5) is 36.7.